The smallest absolute Gasteiger partial charge is 0.281 e. The van der Waals surface area contributed by atoms with Crippen molar-refractivity contribution >= 4 is 79.5 Å². The number of rotatable bonds is 12. The van der Waals surface area contributed by atoms with Crippen molar-refractivity contribution in [2.45, 2.75) is 47.0 Å². The Morgan fingerprint density at radius 3 is 1.51 bits per heavy atom. The molecule has 4 aliphatic rings. The Bertz CT molecular complexity index is 3220. The van der Waals surface area contributed by atoms with Crippen molar-refractivity contribution < 1.29 is 39.0 Å². The maximum Gasteiger partial charge on any atom is 0.281 e. The summed E-state index contributed by atoms with van der Waals surface area (Å²) in [5, 5.41) is 31.6. The van der Waals surface area contributed by atoms with Crippen molar-refractivity contribution in [3.05, 3.63) is 165 Å². The van der Waals surface area contributed by atoms with Crippen LogP contribution in [0.5, 0.6) is 5.75 Å². The molecule has 0 bridgehead atoms. The van der Waals surface area contributed by atoms with E-state index in [1.807, 2.05) is 62.1 Å². The lowest BCUT2D eigenvalue weighted by atomic mass is 9.79. The highest BCUT2D eigenvalue weighted by Gasteiger charge is 2.44. The summed E-state index contributed by atoms with van der Waals surface area (Å²) in [5.41, 5.74) is 5.78. The fourth-order valence-electron chi connectivity index (χ4n) is 10.2. The van der Waals surface area contributed by atoms with Crippen LogP contribution in [0.25, 0.3) is 27.1 Å². The molecule has 67 heavy (non-hydrogen) atoms. The van der Waals surface area contributed by atoms with Gasteiger partial charge in [-0.25, -0.2) is 0 Å². The second-order valence-corrected chi connectivity index (χ2v) is 17.5. The fourth-order valence-corrected chi connectivity index (χ4v) is 10.2. The van der Waals surface area contributed by atoms with Crippen LogP contribution >= 0.6 is 0 Å². The minimum atomic E-state index is -0.608. The largest absolute Gasteiger partial charge is 0.507 e. The number of benzene rings is 6. The van der Waals surface area contributed by atoms with Crippen molar-refractivity contribution in [1.82, 2.24) is 9.80 Å². The van der Waals surface area contributed by atoms with Gasteiger partial charge in [0, 0.05) is 76.5 Å². The second-order valence-electron chi connectivity index (χ2n) is 17.5. The minimum absolute atomic E-state index is 0.00651. The SMILES string of the molecule is CC1=NN(c2c(C)cc(C)cc2C)C(=O)C1=C1C(=O)C(c2ccc(N(CCCCN3C(=O)c4cccc5cccc(c45)C3=O)CCCN3C(=O)c4cccc5cccc(c45)C3=O)cc2O)=C1O. The van der Waals surface area contributed by atoms with Crippen molar-refractivity contribution in [3.8, 4) is 5.75 Å². The summed E-state index contributed by atoms with van der Waals surface area (Å²) < 4.78 is 0. The van der Waals surface area contributed by atoms with Gasteiger partial charge in [-0.05, 0) is 105 Å². The van der Waals surface area contributed by atoms with E-state index in [0.29, 0.717) is 76.8 Å². The first kappa shape index (κ1) is 42.7. The van der Waals surface area contributed by atoms with E-state index in [4.69, 9.17) is 0 Å². The molecule has 13 nitrogen and oxygen atoms in total. The number of ketones is 1. The Kier molecular flexibility index (Phi) is 10.4. The topological polar surface area (TPSA) is 168 Å². The maximum atomic E-state index is 13.9. The van der Waals surface area contributed by atoms with Gasteiger partial charge in [-0.1, -0.05) is 66.2 Å². The average molecular weight is 892 g/mol. The molecule has 3 heterocycles. The van der Waals surface area contributed by atoms with E-state index in [0.717, 1.165) is 27.5 Å². The first-order chi connectivity index (χ1) is 32.2. The molecule has 0 aromatic heterocycles. The molecule has 0 spiro atoms. The number of phenolic OH excluding ortho intramolecular Hbond substituents is 1. The number of anilines is 2. The third-order valence-corrected chi connectivity index (χ3v) is 13.2. The van der Waals surface area contributed by atoms with E-state index in [2.05, 4.69) is 5.10 Å². The third-order valence-electron chi connectivity index (χ3n) is 13.2. The molecular weight excluding hydrogens is 847 g/mol. The number of phenols is 1. The molecule has 0 radical (unpaired) electrons. The van der Waals surface area contributed by atoms with Crippen molar-refractivity contribution in [1.29, 1.82) is 0 Å². The number of hydrogen-bond donors (Lipinski definition) is 2. The van der Waals surface area contributed by atoms with Gasteiger partial charge in [-0.15, -0.1) is 0 Å². The summed E-state index contributed by atoms with van der Waals surface area (Å²) in [6, 6.07) is 30.2. The van der Waals surface area contributed by atoms with E-state index >= 15 is 0 Å². The Labute approximate surface area is 385 Å². The highest BCUT2D eigenvalue weighted by Crippen LogP contribution is 2.44. The van der Waals surface area contributed by atoms with Gasteiger partial charge in [-0.2, -0.15) is 10.1 Å². The number of carbonyl (C=O) groups excluding carboxylic acids is 6. The Balaban J connectivity index is 0.894. The molecule has 0 saturated carbocycles. The molecule has 1 aliphatic carbocycles. The standard InChI is InChI=1S/C54H45N5O8/c1-29-26-30(2)47(31(3)27-29)59-54(67)42(32(4)55-59)46-48(61)45(49(46)62)36-21-20-35(28-41(36)60)56(23-11-25-58-52(65)39-18-9-14-34-15-10-19-40(44(34)39)53(58)66)22-5-6-24-57-50(63)37-16-7-12-33-13-8-17-38(43(33)37)51(57)64/h7-10,12-21,26-28,60-61H,5-6,11,22-25H2,1-4H3. The molecule has 5 amide bonds. The van der Waals surface area contributed by atoms with Gasteiger partial charge in [0.2, 0.25) is 5.78 Å². The molecule has 10 rings (SSSR count). The highest BCUT2D eigenvalue weighted by molar-refractivity contribution is 6.45. The van der Waals surface area contributed by atoms with Gasteiger partial charge >= 0.3 is 0 Å². The van der Waals surface area contributed by atoms with Crippen LogP contribution in [0.3, 0.4) is 0 Å². The molecule has 2 N–H and O–H groups in total. The monoisotopic (exact) mass is 891 g/mol. The number of carbonyl (C=O) groups is 6. The summed E-state index contributed by atoms with van der Waals surface area (Å²) in [6.45, 7) is 8.34. The first-order valence-corrected chi connectivity index (χ1v) is 22.3. The third kappa shape index (κ3) is 6.88. The predicted molar refractivity (Wildman–Crippen MR) is 256 cm³/mol. The Morgan fingerprint density at radius 2 is 1.01 bits per heavy atom. The number of nitrogens with zero attached hydrogens (tertiary/aromatic N) is 5. The number of hydrazone groups is 1. The number of aromatic hydroxyl groups is 1. The summed E-state index contributed by atoms with van der Waals surface area (Å²) in [7, 11) is 0. The predicted octanol–water partition coefficient (Wildman–Crippen LogP) is 8.76. The highest BCUT2D eigenvalue weighted by atomic mass is 16.3. The van der Waals surface area contributed by atoms with E-state index in [1.54, 1.807) is 61.5 Å². The van der Waals surface area contributed by atoms with Crippen LogP contribution in [0.2, 0.25) is 0 Å². The number of aliphatic hydroxyl groups is 1. The van der Waals surface area contributed by atoms with E-state index in [-0.39, 0.29) is 70.5 Å². The molecule has 334 valence electrons. The van der Waals surface area contributed by atoms with Crippen LogP contribution in [0.1, 0.15) is 89.9 Å². The number of aliphatic hydroxyl groups excluding tert-OH is 1. The van der Waals surface area contributed by atoms with Crippen LogP contribution in [0.15, 0.2) is 125 Å². The van der Waals surface area contributed by atoms with E-state index < -0.39 is 17.4 Å². The number of imide groups is 2. The molecule has 0 atom stereocenters. The lowest BCUT2D eigenvalue weighted by Gasteiger charge is -2.30. The fraction of sp³-hybridized carbons (Fsp3) is 0.204. The molecule has 0 unspecified atom stereocenters. The molecule has 0 fully saturated rings. The van der Waals surface area contributed by atoms with Gasteiger partial charge in [0.15, 0.2) is 0 Å². The number of hydrogen-bond acceptors (Lipinski definition) is 10. The quantitative estimate of drug-likeness (QED) is 0.0693. The molecule has 0 saturated heterocycles. The van der Waals surface area contributed by atoms with Gasteiger partial charge in [0.25, 0.3) is 29.5 Å². The first-order valence-electron chi connectivity index (χ1n) is 22.3. The number of unbranched alkanes of at least 4 members (excludes halogenated alkanes) is 1. The van der Waals surface area contributed by atoms with Crippen LogP contribution in [-0.4, -0.2) is 87.2 Å². The minimum Gasteiger partial charge on any atom is -0.507 e. The van der Waals surface area contributed by atoms with Gasteiger partial charge < -0.3 is 15.1 Å². The van der Waals surface area contributed by atoms with Gasteiger partial charge in [0.05, 0.1) is 28.1 Å². The number of aryl methyl sites for hydroxylation is 3. The lowest BCUT2D eigenvalue weighted by Crippen LogP contribution is -2.42. The summed E-state index contributed by atoms with van der Waals surface area (Å²) in [4.78, 5) is 86.9. The van der Waals surface area contributed by atoms with Crippen LogP contribution in [0.4, 0.5) is 11.4 Å². The van der Waals surface area contributed by atoms with Crippen molar-refractivity contribution in [2.75, 3.05) is 36.1 Å². The van der Waals surface area contributed by atoms with Gasteiger partial charge in [0.1, 0.15) is 11.5 Å². The Morgan fingerprint density at radius 1 is 0.522 bits per heavy atom. The maximum absolute atomic E-state index is 13.9. The van der Waals surface area contributed by atoms with E-state index in [9.17, 15) is 39.0 Å². The number of amides is 5. The second kappa shape index (κ2) is 16.4. The Hall–Kier alpha value is -8.19. The lowest BCUT2D eigenvalue weighted by molar-refractivity contribution is -0.115. The van der Waals surface area contributed by atoms with Crippen LogP contribution in [-0.2, 0) is 9.59 Å². The zero-order chi connectivity index (χ0) is 47.0. The molecular formula is C54H45N5O8. The van der Waals surface area contributed by atoms with Gasteiger partial charge in [-0.3, -0.25) is 38.6 Å². The molecule has 3 aliphatic heterocycles. The zero-order valence-electron chi connectivity index (χ0n) is 37.3. The molecule has 13 heteroatoms. The van der Waals surface area contributed by atoms with Crippen molar-refractivity contribution in [2.24, 2.45) is 5.10 Å². The van der Waals surface area contributed by atoms with Crippen LogP contribution in [0, 0.1) is 20.8 Å². The molecule has 6 aromatic rings. The zero-order valence-corrected chi connectivity index (χ0v) is 37.3. The molecule has 6 aromatic carbocycles. The number of Topliss-reactive ketones (excluding diaryl/α,β-unsaturated/α-hetero) is 1. The normalized spacial score (nSPS) is 16.8. The average Bonchev–Trinajstić information content (AvgIpc) is 3.58. The summed E-state index contributed by atoms with van der Waals surface area (Å²) >= 11 is 0. The van der Waals surface area contributed by atoms with Crippen LogP contribution < -0.4 is 9.91 Å². The van der Waals surface area contributed by atoms with E-state index in [1.165, 1.54) is 26.9 Å². The summed E-state index contributed by atoms with van der Waals surface area (Å²) in [6.07, 6.45) is 1.32. The van der Waals surface area contributed by atoms with Crippen molar-refractivity contribution in [3.63, 3.8) is 0 Å². The number of allylic oxidation sites excluding steroid dienone is 2. The summed E-state index contributed by atoms with van der Waals surface area (Å²) in [5.74, 6) is -3.32.